The first-order valence-electron chi connectivity index (χ1n) is 6.34. The maximum atomic E-state index is 12.0. The minimum absolute atomic E-state index is 0.00311. The molecule has 1 unspecified atom stereocenters. The van der Waals surface area contributed by atoms with Gasteiger partial charge in [-0.3, -0.25) is 14.9 Å². The SMILES string of the molecule is CN1CCC(CNC(=O)c2cc([N+](=O)[O-])cnc2N)C1. The molecule has 0 aliphatic carbocycles. The lowest BCUT2D eigenvalue weighted by atomic mass is 10.1. The lowest BCUT2D eigenvalue weighted by Gasteiger charge is -2.12. The molecule has 3 N–H and O–H groups in total. The lowest BCUT2D eigenvalue weighted by molar-refractivity contribution is -0.385. The molecule has 2 heterocycles. The van der Waals surface area contributed by atoms with Gasteiger partial charge >= 0.3 is 0 Å². The number of nitrogens with one attached hydrogen (secondary N) is 1. The molecule has 1 amide bonds. The van der Waals surface area contributed by atoms with Gasteiger partial charge in [0.2, 0.25) is 0 Å². The van der Waals surface area contributed by atoms with Gasteiger partial charge in [-0.15, -0.1) is 0 Å². The Balaban J connectivity index is 2.01. The van der Waals surface area contributed by atoms with Crippen molar-refractivity contribution >= 4 is 17.4 Å². The van der Waals surface area contributed by atoms with Gasteiger partial charge in [0.15, 0.2) is 0 Å². The van der Waals surface area contributed by atoms with Crippen molar-refractivity contribution in [1.82, 2.24) is 15.2 Å². The Morgan fingerprint density at radius 3 is 3.05 bits per heavy atom. The number of rotatable bonds is 4. The monoisotopic (exact) mass is 279 g/mol. The molecule has 8 heteroatoms. The number of carbonyl (C=O) groups excluding carboxylic acids is 1. The predicted molar refractivity (Wildman–Crippen MR) is 73.2 cm³/mol. The molecule has 1 aromatic heterocycles. The lowest BCUT2D eigenvalue weighted by Crippen LogP contribution is -2.31. The second kappa shape index (κ2) is 5.83. The fourth-order valence-electron chi connectivity index (χ4n) is 2.27. The van der Waals surface area contributed by atoms with Crippen molar-refractivity contribution in [2.75, 3.05) is 32.4 Å². The largest absolute Gasteiger partial charge is 0.383 e. The van der Waals surface area contributed by atoms with Crippen LogP contribution in [0.2, 0.25) is 0 Å². The zero-order valence-electron chi connectivity index (χ0n) is 11.2. The summed E-state index contributed by atoms with van der Waals surface area (Å²) in [5, 5.41) is 13.4. The maximum absolute atomic E-state index is 12.0. The molecule has 1 fully saturated rings. The van der Waals surface area contributed by atoms with E-state index in [0.29, 0.717) is 12.5 Å². The quantitative estimate of drug-likeness (QED) is 0.603. The van der Waals surface area contributed by atoms with E-state index in [1.165, 1.54) is 0 Å². The van der Waals surface area contributed by atoms with E-state index in [2.05, 4.69) is 15.2 Å². The Labute approximate surface area is 116 Å². The van der Waals surface area contributed by atoms with Crippen molar-refractivity contribution in [3.63, 3.8) is 0 Å². The van der Waals surface area contributed by atoms with Gasteiger partial charge in [-0.1, -0.05) is 0 Å². The summed E-state index contributed by atoms with van der Waals surface area (Å²) < 4.78 is 0. The van der Waals surface area contributed by atoms with E-state index in [1.54, 1.807) is 0 Å². The second-order valence-corrected chi connectivity index (χ2v) is 5.01. The number of hydrogen-bond acceptors (Lipinski definition) is 6. The van der Waals surface area contributed by atoms with E-state index in [9.17, 15) is 14.9 Å². The molecular formula is C12H17N5O3. The minimum atomic E-state index is -0.602. The predicted octanol–water partition coefficient (Wildman–Crippen LogP) is 0.253. The molecule has 1 aliphatic heterocycles. The van der Waals surface area contributed by atoms with Crippen LogP contribution in [-0.2, 0) is 0 Å². The van der Waals surface area contributed by atoms with E-state index < -0.39 is 10.8 Å². The highest BCUT2D eigenvalue weighted by molar-refractivity contribution is 5.98. The molecular weight excluding hydrogens is 262 g/mol. The highest BCUT2D eigenvalue weighted by Gasteiger charge is 2.21. The average molecular weight is 279 g/mol. The Morgan fingerprint density at radius 2 is 2.45 bits per heavy atom. The molecule has 1 aromatic rings. The van der Waals surface area contributed by atoms with E-state index in [1.807, 2.05) is 7.05 Å². The van der Waals surface area contributed by atoms with Crippen LogP contribution in [0.25, 0.3) is 0 Å². The highest BCUT2D eigenvalue weighted by atomic mass is 16.6. The normalized spacial score (nSPS) is 18.9. The van der Waals surface area contributed by atoms with E-state index in [-0.39, 0.29) is 17.1 Å². The van der Waals surface area contributed by atoms with Gasteiger partial charge in [0.05, 0.1) is 10.5 Å². The van der Waals surface area contributed by atoms with Crippen molar-refractivity contribution < 1.29 is 9.72 Å². The molecule has 0 spiro atoms. The van der Waals surface area contributed by atoms with Crippen molar-refractivity contribution in [2.45, 2.75) is 6.42 Å². The van der Waals surface area contributed by atoms with Gasteiger partial charge in [0.25, 0.3) is 11.6 Å². The first-order valence-corrected chi connectivity index (χ1v) is 6.34. The molecule has 1 atom stereocenters. The van der Waals surface area contributed by atoms with E-state index in [4.69, 9.17) is 5.73 Å². The molecule has 0 aromatic carbocycles. The number of carbonyl (C=O) groups is 1. The molecule has 8 nitrogen and oxygen atoms in total. The van der Waals surface area contributed by atoms with Crippen molar-refractivity contribution in [3.05, 3.63) is 27.9 Å². The zero-order valence-corrected chi connectivity index (χ0v) is 11.2. The minimum Gasteiger partial charge on any atom is -0.383 e. The van der Waals surface area contributed by atoms with Crippen LogP contribution in [0.15, 0.2) is 12.3 Å². The van der Waals surface area contributed by atoms with Gasteiger partial charge in [-0.05, 0) is 25.9 Å². The van der Waals surface area contributed by atoms with Crippen molar-refractivity contribution in [2.24, 2.45) is 5.92 Å². The second-order valence-electron chi connectivity index (χ2n) is 5.01. The Morgan fingerprint density at radius 1 is 1.70 bits per heavy atom. The number of nitrogens with zero attached hydrogens (tertiary/aromatic N) is 3. The standard InChI is InChI=1S/C12H17N5O3/c1-16-3-2-8(7-16)5-15-12(18)10-4-9(17(19)20)6-14-11(10)13/h4,6,8H,2-3,5,7H2,1H3,(H2,13,14)(H,15,18). The van der Waals surface area contributed by atoms with Crippen LogP contribution in [0.1, 0.15) is 16.8 Å². The van der Waals surface area contributed by atoms with Crippen LogP contribution < -0.4 is 11.1 Å². The molecule has 0 bridgehead atoms. The molecule has 1 aliphatic rings. The number of anilines is 1. The smallest absolute Gasteiger partial charge is 0.288 e. The van der Waals surface area contributed by atoms with E-state index in [0.717, 1.165) is 31.8 Å². The number of nitrogens with two attached hydrogens (primary N) is 1. The van der Waals surface area contributed by atoms with Crippen LogP contribution in [-0.4, -0.2) is 47.4 Å². The number of amides is 1. The van der Waals surface area contributed by atoms with Gasteiger partial charge < -0.3 is 16.0 Å². The molecule has 0 saturated carbocycles. The zero-order chi connectivity index (χ0) is 14.7. The van der Waals surface area contributed by atoms with Crippen molar-refractivity contribution in [3.8, 4) is 0 Å². The fraction of sp³-hybridized carbons (Fsp3) is 0.500. The number of pyridine rings is 1. The first-order chi connectivity index (χ1) is 9.47. The Kier molecular flexibility index (Phi) is 4.14. The molecule has 0 radical (unpaired) electrons. The van der Waals surface area contributed by atoms with Crippen LogP contribution in [0.3, 0.4) is 0 Å². The topological polar surface area (TPSA) is 114 Å². The molecule has 20 heavy (non-hydrogen) atoms. The summed E-state index contributed by atoms with van der Waals surface area (Å²) in [5.74, 6) is -0.0262. The molecule has 1 saturated heterocycles. The highest BCUT2D eigenvalue weighted by Crippen LogP contribution is 2.17. The summed E-state index contributed by atoms with van der Waals surface area (Å²) in [6.45, 7) is 2.48. The fourth-order valence-corrected chi connectivity index (χ4v) is 2.27. The number of hydrogen-bond donors (Lipinski definition) is 2. The number of aromatic nitrogens is 1. The summed E-state index contributed by atoms with van der Waals surface area (Å²) in [4.78, 5) is 28.0. The first kappa shape index (κ1) is 14.2. The Bertz CT molecular complexity index is 534. The van der Waals surface area contributed by atoms with Gasteiger partial charge in [0.1, 0.15) is 12.0 Å². The summed E-state index contributed by atoms with van der Waals surface area (Å²) in [7, 11) is 2.03. The van der Waals surface area contributed by atoms with Crippen molar-refractivity contribution in [1.29, 1.82) is 0 Å². The third kappa shape index (κ3) is 3.21. The number of nitro groups is 1. The molecule has 2 rings (SSSR count). The third-order valence-electron chi connectivity index (χ3n) is 3.40. The third-order valence-corrected chi connectivity index (χ3v) is 3.40. The van der Waals surface area contributed by atoms with Gasteiger partial charge in [-0.2, -0.15) is 0 Å². The summed E-state index contributed by atoms with van der Waals surface area (Å²) in [6.07, 6.45) is 2.07. The number of nitrogen functional groups attached to an aromatic ring is 1. The number of likely N-dealkylation sites (tertiary alicyclic amines) is 1. The molecule has 108 valence electrons. The van der Waals surface area contributed by atoms with Crippen LogP contribution in [0.5, 0.6) is 0 Å². The van der Waals surface area contributed by atoms with Crippen LogP contribution in [0, 0.1) is 16.0 Å². The summed E-state index contributed by atoms with van der Waals surface area (Å²) >= 11 is 0. The van der Waals surface area contributed by atoms with Gasteiger partial charge in [0, 0.05) is 19.2 Å². The van der Waals surface area contributed by atoms with E-state index >= 15 is 0 Å². The summed E-state index contributed by atoms with van der Waals surface area (Å²) in [6, 6.07) is 1.15. The Hall–Kier alpha value is -2.22. The van der Waals surface area contributed by atoms with Crippen LogP contribution in [0.4, 0.5) is 11.5 Å². The van der Waals surface area contributed by atoms with Gasteiger partial charge in [-0.25, -0.2) is 4.98 Å². The average Bonchev–Trinajstić information content (AvgIpc) is 2.82. The summed E-state index contributed by atoms with van der Waals surface area (Å²) in [5.41, 5.74) is 5.39. The maximum Gasteiger partial charge on any atom is 0.288 e. The van der Waals surface area contributed by atoms with Crippen LogP contribution >= 0.6 is 0 Å².